The van der Waals surface area contributed by atoms with Gasteiger partial charge in [-0.15, -0.1) is 10.2 Å². The number of rotatable bonds is 7. The van der Waals surface area contributed by atoms with Crippen LogP contribution in [0.2, 0.25) is 0 Å². The number of para-hydroxylation sites is 1. The number of aromatic nitrogens is 4. The summed E-state index contributed by atoms with van der Waals surface area (Å²) in [6, 6.07) is 18.2. The third kappa shape index (κ3) is 3.84. The Balaban J connectivity index is 1.41. The van der Waals surface area contributed by atoms with Crippen molar-refractivity contribution in [3.63, 3.8) is 0 Å². The van der Waals surface area contributed by atoms with Gasteiger partial charge >= 0.3 is 0 Å². The van der Waals surface area contributed by atoms with Gasteiger partial charge in [0.1, 0.15) is 5.52 Å². The summed E-state index contributed by atoms with van der Waals surface area (Å²) < 4.78 is 2.13. The van der Waals surface area contributed by atoms with E-state index in [4.69, 9.17) is 0 Å². The maximum absolute atomic E-state index is 12.1. The zero-order chi connectivity index (χ0) is 19.3. The maximum atomic E-state index is 12.1. The summed E-state index contributed by atoms with van der Waals surface area (Å²) in [5, 5.41) is 13.1. The van der Waals surface area contributed by atoms with Crippen LogP contribution in [0.25, 0.3) is 22.1 Å². The molecule has 0 aliphatic carbocycles. The van der Waals surface area contributed by atoms with Gasteiger partial charge in [-0.3, -0.25) is 4.79 Å². The highest BCUT2D eigenvalue weighted by atomic mass is 32.2. The van der Waals surface area contributed by atoms with E-state index in [0.717, 1.165) is 35.0 Å². The molecular formula is C21H21N5OS. The van der Waals surface area contributed by atoms with Crippen LogP contribution in [0.4, 0.5) is 0 Å². The first-order valence-electron chi connectivity index (χ1n) is 9.31. The van der Waals surface area contributed by atoms with Crippen LogP contribution in [0, 0.1) is 0 Å². The molecule has 0 saturated carbocycles. The van der Waals surface area contributed by atoms with Gasteiger partial charge < -0.3 is 9.88 Å². The highest BCUT2D eigenvalue weighted by Gasteiger charge is 2.14. The van der Waals surface area contributed by atoms with Gasteiger partial charge in [0.2, 0.25) is 11.1 Å². The van der Waals surface area contributed by atoms with Crippen LogP contribution in [0.5, 0.6) is 0 Å². The quantitative estimate of drug-likeness (QED) is 0.489. The standard InChI is InChI=1S/C21H21N5OS/c1-2-26-17-11-7-6-10-16(17)19-20(26)23-21(25-24-19)28-14-18(27)22-13-12-15-8-4-3-5-9-15/h3-11H,2,12-14H2,1H3,(H,22,27). The second-order valence-corrected chi connectivity index (χ2v) is 7.34. The van der Waals surface area contributed by atoms with Crippen molar-refractivity contribution in [2.45, 2.75) is 25.0 Å². The summed E-state index contributed by atoms with van der Waals surface area (Å²) in [4.78, 5) is 16.8. The first-order chi connectivity index (χ1) is 13.8. The van der Waals surface area contributed by atoms with E-state index in [1.807, 2.05) is 36.4 Å². The fourth-order valence-corrected chi connectivity index (χ4v) is 3.85. The van der Waals surface area contributed by atoms with E-state index in [1.165, 1.54) is 17.3 Å². The van der Waals surface area contributed by atoms with Crippen molar-refractivity contribution in [2.24, 2.45) is 0 Å². The molecule has 0 unspecified atom stereocenters. The number of nitrogens with one attached hydrogen (secondary N) is 1. The Labute approximate surface area is 167 Å². The number of nitrogens with zero attached hydrogens (tertiary/aromatic N) is 4. The monoisotopic (exact) mass is 391 g/mol. The van der Waals surface area contributed by atoms with Crippen molar-refractivity contribution in [3.8, 4) is 0 Å². The summed E-state index contributed by atoms with van der Waals surface area (Å²) in [6.45, 7) is 3.50. The molecule has 0 spiro atoms. The van der Waals surface area contributed by atoms with Crippen molar-refractivity contribution in [1.82, 2.24) is 25.1 Å². The molecule has 0 bridgehead atoms. The Morgan fingerprint density at radius 2 is 1.86 bits per heavy atom. The molecule has 2 heterocycles. The van der Waals surface area contributed by atoms with E-state index in [0.29, 0.717) is 11.7 Å². The number of carbonyl (C=O) groups is 1. The molecule has 4 aromatic rings. The molecule has 7 heteroatoms. The van der Waals surface area contributed by atoms with Crippen molar-refractivity contribution in [1.29, 1.82) is 0 Å². The molecule has 0 atom stereocenters. The summed E-state index contributed by atoms with van der Waals surface area (Å²) in [5.74, 6) is 0.245. The highest BCUT2D eigenvalue weighted by molar-refractivity contribution is 7.99. The predicted molar refractivity (Wildman–Crippen MR) is 112 cm³/mol. The molecule has 142 valence electrons. The summed E-state index contributed by atoms with van der Waals surface area (Å²) in [7, 11) is 0. The Hall–Kier alpha value is -2.93. The lowest BCUT2D eigenvalue weighted by molar-refractivity contribution is -0.118. The zero-order valence-corrected chi connectivity index (χ0v) is 16.4. The lowest BCUT2D eigenvalue weighted by Gasteiger charge is -2.05. The number of aryl methyl sites for hydroxylation is 1. The third-order valence-corrected chi connectivity index (χ3v) is 5.42. The number of carbonyl (C=O) groups excluding carboxylic acids is 1. The van der Waals surface area contributed by atoms with Crippen LogP contribution in [0.1, 0.15) is 12.5 Å². The van der Waals surface area contributed by atoms with Gasteiger partial charge in [0.15, 0.2) is 5.65 Å². The first-order valence-corrected chi connectivity index (χ1v) is 10.3. The minimum atomic E-state index is -0.0272. The molecule has 2 aromatic carbocycles. The maximum Gasteiger partial charge on any atom is 0.230 e. The summed E-state index contributed by atoms with van der Waals surface area (Å²) in [5.41, 5.74) is 3.92. The smallest absolute Gasteiger partial charge is 0.230 e. The fourth-order valence-electron chi connectivity index (χ4n) is 3.24. The first kappa shape index (κ1) is 18.4. The predicted octanol–water partition coefficient (Wildman–Crippen LogP) is 3.45. The topological polar surface area (TPSA) is 72.7 Å². The van der Waals surface area contributed by atoms with E-state index in [1.54, 1.807) is 0 Å². The van der Waals surface area contributed by atoms with Crippen molar-refractivity contribution in [3.05, 3.63) is 60.2 Å². The molecular weight excluding hydrogens is 370 g/mol. The molecule has 0 fully saturated rings. The minimum Gasteiger partial charge on any atom is -0.355 e. The summed E-state index contributed by atoms with van der Waals surface area (Å²) >= 11 is 1.31. The van der Waals surface area contributed by atoms with E-state index >= 15 is 0 Å². The van der Waals surface area contributed by atoms with Crippen molar-refractivity contribution in [2.75, 3.05) is 12.3 Å². The average Bonchev–Trinajstić information content (AvgIpc) is 3.06. The van der Waals surface area contributed by atoms with Gasteiger partial charge in [-0.25, -0.2) is 4.98 Å². The zero-order valence-electron chi connectivity index (χ0n) is 15.6. The van der Waals surface area contributed by atoms with Crippen LogP contribution in [0.15, 0.2) is 59.8 Å². The van der Waals surface area contributed by atoms with Crippen molar-refractivity contribution >= 4 is 39.7 Å². The van der Waals surface area contributed by atoms with Crippen molar-refractivity contribution < 1.29 is 4.79 Å². The second-order valence-electron chi connectivity index (χ2n) is 6.40. The van der Waals surface area contributed by atoms with E-state index < -0.39 is 0 Å². The Morgan fingerprint density at radius 1 is 1.07 bits per heavy atom. The number of benzene rings is 2. The molecule has 0 saturated heterocycles. The van der Waals surface area contributed by atoms with Gasteiger partial charge in [0, 0.05) is 18.5 Å². The number of amides is 1. The Morgan fingerprint density at radius 3 is 2.68 bits per heavy atom. The normalized spacial score (nSPS) is 11.2. The molecule has 28 heavy (non-hydrogen) atoms. The molecule has 1 N–H and O–H groups in total. The van der Waals surface area contributed by atoms with E-state index in [9.17, 15) is 4.79 Å². The number of fused-ring (bicyclic) bond motifs is 3. The fraction of sp³-hybridized carbons (Fsp3) is 0.238. The third-order valence-electron chi connectivity index (χ3n) is 4.58. The van der Waals surface area contributed by atoms with Gasteiger partial charge in [-0.2, -0.15) is 0 Å². The SMILES string of the molecule is CCn1c2ccccc2c2nnc(SCC(=O)NCCc3ccccc3)nc21. The molecule has 0 radical (unpaired) electrons. The lowest BCUT2D eigenvalue weighted by Crippen LogP contribution is -2.27. The average molecular weight is 392 g/mol. The van der Waals surface area contributed by atoms with Gasteiger partial charge in [0.05, 0.1) is 11.3 Å². The van der Waals surface area contributed by atoms with E-state index in [2.05, 4.69) is 50.2 Å². The largest absolute Gasteiger partial charge is 0.355 e. The van der Waals surface area contributed by atoms with Crippen LogP contribution < -0.4 is 5.32 Å². The Bertz CT molecular complexity index is 1110. The van der Waals surface area contributed by atoms with E-state index in [-0.39, 0.29) is 11.7 Å². The molecule has 0 aliphatic rings. The lowest BCUT2D eigenvalue weighted by atomic mass is 10.1. The highest BCUT2D eigenvalue weighted by Crippen LogP contribution is 2.26. The van der Waals surface area contributed by atoms with Gasteiger partial charge in [0.25, 0.3) is 0 Å². The van der Waals surface area contributed by atoms with Crippen LogP contribution >= 0.6 is 11.8 Å². The minimum absolute atomic E-state index is 0.0272. The summed E-state index contributed by atoms with van der Waals surface area (Å²) in [6.07, 6.45) is 0.817. The Kier molecular flexibility index (Phi) is 5.53. The molecule has 1 amide bonds. The van der Waals surface area contributed by atoms with Crippen LogP contribution in [0.3, 0.4) is 0 Å². The molecule has 2 aromatic heterocycles. The number of thioether (sulfide) groups is 1. The van der Waals surface area contributed by atoms with Crippen LogP contribution in [-0.2, 0) is 17.8 Å². The molecule has 6 nitrogen and oxygen atoms in total. The van der Waals surface area contributed by atoms with Crippen LogP contribution in [-0.4, -0.2) is 38.0 Å². The molecule has 0 aliphatic heterocycles. The number of hydrogen-bond donors (Lipinski definition) is 1. The number of hydrogen-bond acceptors (Lipinski definition) is 5. The molecule has 4 rings (SSSR count). The second kappa shape index (κ2) is 8.39. The van der Waals surface area contributed by atoms with Gasteiger partial charge in [-0.1, -0.05) is 60.3 Å². The van der Waals surface area contributed by atoms with Gasteiger partial charge in [-0.05, 0) is 25.0 Å².